The molecule has 0 aliphatic carbocycles. The summed E-state index contributed by atoms with van der Waals surface area (Å²) in [6.07, 6.45) is 0.185. The number of benzene rings is 2. The number of aliphatic carboxylic acids is 1. The summed E-state index contributed by atoms with van der Waals surface area (Å²) in [5.41, 5.74) is 1.06. The van der Waals surface area contributed by atoms with E-state index < -0.39 is 17.9 Å². The Kier molecular flexibility index (Phi) is 5.57. The van der Waals surface area contributed by atoms with Gasteiger partial charge in [0.1, 0.15) is 6.04 Å². The van der Waals surface area contributed by atoms with Crippen molar-refractivity contribution in [3.8, 4) is 0 Å². The topological polar surface area (TPSA) is 66.4 Å². The van der Waals surface area contributed by atoms with E-state index in [4.69, 9.17) is 11.6 Å². The summed E-state index contributed by atoms with van der Waals surface area (Å²) in [5.74, 6) is -1.60. The number of nitrogens with one attached hydrogen (secondary N) is 1. The zero-order valence-corrected chi connectivity index (χ0v) is 13.8. The van der Waals surface area contributed by atoms with E-state index in [-0.39, 0.29) is 17.0 Å². The first kappa shape index (κ1) is 16.5. The molecule has 0 radical (unpaired) electrons. The van der Waals surface area contributed by atoms with Crippen LogP contribution >= 0.6 is 27.5 Å². The van der Waals surface area contributed by atoms with Gasteiger partial charge in [-0.1, -0.05) is 51.8 Å². The van der Waals surface area contributed by atoms with Crippen LogP contribution in [0.4, 0.5) is 0 Å². The van der Waals surface area contributed by atoms with Crippen molar-refractivity contribution in [1.82, 2.24) is 5.32 Å². The van der Waals surface area contributed by atoms with Crippen molar-refractivity contribution >= 4 is 39.4 Å². The average Bonchev–Trinajstić information content (AvgIpc) is 2.46. The van der Waals surface area contributed by atoms with E-state index in [9.17, 15) is 14.7 Å². The molecule has 0 aliphatic heterocycles. The highest BCUT2D eigenvalue weighted by Crippen LogP contribution is 2.16. The van der Waals surface area contributed by atoms with E-state index in [1.807, 2.05) is 24.3 Å². The fraction of sp³-hybridized carbons (Fsp3) is 0.125. The first-order valence-electron chi connectivity index (χ1n) is 6.50. The summed E-state index contributed by atoms with van der Waals surface area (Å²) in [6, 6.07) is 12.8. The van der Waals surface area contributed by atoms with Gasteiger partial charge < -0.3 is 10.4 Å². The zero-order chi connectivity index (χ0) is 16.1. The van der Waals surface area contributed by atoms with Crippen LogP contribution in [0.1, 0.15) is 15.9 Å². The average molecular weight is 383 g/mol. The van der Waals surface area contributed by atoms with Crippen LogP contribution in [0, 0.1) is 0 Å². The molecule has 0 fully saturated rings. The summed E-state index contributed by atoms with van der Waals surface area (Å²) in [7, 11) is 0. The third kappa shape index (κ3) is 4.32. The Labute approximate surface area is 141 Å². The Morgan fingerprint density at radius 1 is 1.18 bits per heavy atom. The van der Waals surface area contributed by atoms with Crippen LogP contribution in [0.2, 0.25) is 5.02 Å². The Hall–Kier alpha value is -1.85. The fourth-order valence-corrected chi connectivity index (χ4v) is 2.65. The molecule has 2 aromatic carbocycles. The molecule has 2 aromatic rings. The van der Waals surface area contributed by atoms with Crippen molar-refractivity contribution in [2.24, 2.45) is 0 Å². The molecule has 0 saturated heterocycles. The van der Waals surface area contributed by atoms with Crippen LogP contribution in [0.15, 0.2) is 53.0 Å². The van der Waals surface area contributed by atoms with E-state index >= 15 is 0 Å². The van der Waals surface area contributed by atoms with E-state index in [0.29, 0.717) is 0 Å². The highest BCUT2D eigenvalue weighted by atomic mass is 79.9. The van der Waals surface area contributed by atoms with Crippen molar-refractivity contribution in [1.29, 1.82) is 0 Å². The second-order valence-electron chi connectivity index (χ2n) is 4.68. The van der Waals surface area contributed by atoms with E-state index in [0.717, 1.165) is 10.0 Å². The molecule has 0 aliphatic rings. The lowest BCUT2D eigenvalue weighted by Gasteiger charge is -2.15. The molecule has 2 rings (SSSR count). The second-order valence-corrected chi connectivity index (χ2v) is 6.00. The largest absolute Gasteiger partial charge is 0.480 e. The number of rotatable bonds is 5. The number of hydrogen-bond acceptors (Lipinski definition) is 2. The van der Waals surface area contributed by atoms with E-state index in [1.165, 1.54) is 0 Å². The second kappa shape index (κ2) is 7.42. The van der Waals surface area contributed by atoms with Crippen LogP contribution in [0.25, 0.3) is 0 Å². The van der Waals surface area contributed by atoms with Gasteiger partial charge in [-0.05, 0) is 29.8 Å². The number of carboxylic acid groups (broad SMARTS) is 1. The lowest BCUT2D eigenvalue weighted by Crippen LogP contribution is -2.42. The molecule has 1 atom stereocenters. The van der Waals surface area contributed by atoms with E-state index in [1.54, 1.807) is 24.3 Å². The van der Waals surface area contributed by atoms with Gasteiger partial charge in [0.2, 0.25) is 0 Å². The lowest BCUT2D eigenvalue weighted by atomic mass is 10.1. The highest BCUT2D eigenvalue weighted by Gasteiger charge is 2.22. The molecule has 0 spiro atoms. The summed E-state index contributed by atoms with van der Waals surface area (Å²) < 4.78 is 0.853. The van der Waals surface area contributed by atoms with Crippen LogP contribution in [-0.4, -0.2) is 23.0 Å². The molecule has 1 amide bonds. The number of carbonyl (C=O) groups excluding carboxylic acids is 1. The minimum atomic E-state index is -1.10. The number of amides is 1. The summed E-state index contributed by atoms with van der Waals surface area (Å²) >= 11 is 9.28. The Morgan fingerprint density at radius 2 is 1.91 bits per heavy atom. The van der Waals surface area contributed by atoms with Gasteiger partial charge in [-0.2, -0.15) is 0 Å². The predicted molar refractivity (Wildman–Crippen MR) is 88.2 cm³/mol. The van der Waals surface area contributed by atoms with E-state index in [2.05, 4.69) is 21.2 Å². The maximum Gasteiger partial charge on any atom is 0.326 e. The molecule has 114 valence electrons. The third-order valence-electron chi connectivity index (χ3n) is 3.05. The molecular formula is C16H13BrClNO3. The number of carboxylic acids is 1. The first-order chi connectivity index (χ1) is 10.5. The molecule has 22 heavy (non-hydrogen) atoms. The molecule has 2 N–H and O–H groups in total. The smallest absolute Gasteiger partial charge is 0.326 e. The van der Waals surface area contributed by atoms with Crippen LogP contribution in [-0.2, 0) is 11.2 Å². The van der Waals surface area contributed by atoms with Gasteiger partial charge in [0, 0.05) is 10.9 Å². The molecular weight excluding hydrogens is 370 g/mol. The van der Waals surface area contributed by atoms with Crippen LogP contribution in [0.5, 0.6) is 0 Å². The monoisotopic (exact) mass is 381 g/mol. The van der Waals surface area contributed by atoms with Gasteiger partial charge in [0.25, 0.3) is 5.91 Å². The summed E-state index contributed by atoms with van der Waals surface area (Å²) in [4.78, 5) is 23.6. The molecule has 0 aromatic heterocycles. The minimum absolute atomic E-state index is 0.185. The molecule has 6 heteroatoms. The Balaban J connectivity index is 2.14. The fourth-order valence-electron chi connectivity index (χ4n) is 1.98. The van der Waals surface area contributed by atoms with Gasteiger partial charge in [-0.3, -0.25) is 4.79 Å². The summed E-state index contributed by atoms with van der Waals surface area (Å²) in [6.45, 7) is 0. The maximum absolute atomic E-state index is 12.2. The molecule has 0 saturated carbocycles. The van der Waals surface area contributed by atoms with Gasteiger partial charge >= 0.3 is 5.97 Å². The minimum Gasteiger partial charge on any atom is -0.480 e. The van der Waals surface area contributed by atoms with Crippen molar-refractivity contribution < 1.29 is 14.7 Å². The van der Waals surface area contributed by atoms with Crippen molar-refractivity contribution in [2.75, 3.05) is 0 Å². The van der Waals surface area contributed by atoms with Gasteiger partial charge in [-0.15, -0.1) is 0 Å². The Morgan fingerprint density at radius 3 is 2.55 bits per heavy atom. The zero-order valence-electron chi connectivity index (χ0n) is 11.4. The molecule has 0 unspecified atom stereocenters. The number of carbonyl (C=O) groups is 2. The van der Waals surface area contributed by atoms with Crippen molar-refractivity contribution in [2.45, 2.75) is 12.5 Å². The lowest BCUT2D eigenvalue weighted by molar-refractivity contribution is -0.139. The third-order valence-corrected chi connectivity index (χ3v) is 3.87. The van der Waals surface area contributed by atoms with Crippen LogP contribution < -0.4 is 5.32 Å². The molecule has 0 heterocycles. The highest BCUT2D eigenvalue weighted by molar-refractivity contribution is 9.10. The number of halogens is 2. The van der Waals surface area contributed by atoms with Crippen molar-refractivity contribution in [3.05, 3.63) is 69.2 Å². The summed E-state index contributed by atoms with van der Waals surface area (Å²) in [5, 5.41) is 12.1. The predicted octanol–water partition coefficient (Wildman–Crippen LogP) is 3.53. The Bertz CT molecular complexity index is 705. The van der Waals surface area contributed by atoms with Gasteiger partial charge in [-0.25, -0.2) is 4.79 Å². The standard InChI is InChI=1S/C16H13BrClNO3/c17-11-5-3-4-10(8-11)9-14(16(21)22)19-15(20)12-6-1-2-7-13(12)18/h1-8,14H,9H2,(H,19,20)(H,21,22)/t14-/m0/s1. The molecule has 0 bridgehead atoms. The quantitative estimate of drug-likeness (QED) is 0.831. The SMILES string of the molecule is O=C(N[C@@H](Cc1cccc(Br)c1)C(=O)O)c1ccccc1Cl. The van der Waals surface area contributed by atoms with Crippen LogP contribution in [0.3, 0.4) is 0 Å². The van der Waals surface area contributed by atoms with Crippen molar-refractivity contribution in [3.63, 3.8) is 0 Å². The number of hydrogen-bond donors (Lipinski definition) is 2. The van der Waals surface area contributed by atoms with Gasteiger partial charge in [0.05, 0.1) is 10.6 Å². The maximum atomic E-state index is 12.2. The molecule has 4 nitrogen and oxygen atoms in total. The first-order valence-corrected chi connectivity index (χ1v) is 7.67. The van der Waals surface area contributed by atoms with Gasteiger partial charge in [0.15, 0.2) is 0 Å². The normalized spacial score (nSPS) is 11.7.